The smallest absolute Gasteiger partial charge is 0.328 e. The van der Waals surface area contributed by atoms with E-state index >= 15 is 0 Å². The van der Waals surface area contributed by atoms with E-state index < -0.39 is 36.0 Å². The van der Waals surface area contributed by atoms with Crippen LogP contribution in [0.25, 0.3) is 21.8 Å². The number of aromatic nitrogens is 2. The molecule has 0 fully saturated rings. The molecule has 2 aromatic heterocycles. The van der Waals surface area contributed by atoms with Crippen LogP contribution >= 0.6 is 0 Å². The Bertz CT molecular complexity index is 1120. The van der Waals surface area contributed by atoms with Crippen LogP contribution in [0.4, 0.5) is 0 Å². The summed E-state index contributed by atoms with van der Waals surface area (Å²) in [4.78, 5) is 44.4. The van der Waals surface area contributed by atoms with E-state index in [4.69, 9.17) is 0 Å². The minimum atomic E-state index is -1.48. The first kappa shape index (κ1) is 22.2. The zero-order valence-corrected chi connectivity index (χ0v) is 17.5. The highest BCUT2D eigenvalue weighted by Crippen LogP contribution is 2.25. The zero-order chi connectivity index (χ0) is 22.7. The summed E-state index contributed by atoms with van der Waals surface area (Å²) in [6, 6.07) is 6.87. The van der Waals surface area contributed by atoms with E-state index in [2.05, 4.69) is 20.6 Å². The van der Waals surface area contributed by atoms with Crippen molar-refractivity contribution in [1.82, 2.24) is 20.6 Å². The highest BCUT2D eigenvalue weighted by Gasteiger charge is 2.32. The number of carboxylic acid groups (broad SMARTS) is 1. The van der Waals surface area contributed by atoms with Crippen LogP contribution in [0.3, 0.4) is 0 Å². The Hall–Kier alpha value is -3.46. The average molecular weight is 426 g/mol. The number of aliphatic carboxylic acids is 1. The number of aromatic amines is 1. The molecular formula is C22H26N4O5. The summed E-state index contributed by atoms with van der Waals surface area (Å²) in [7, 11) is 0. The van der Waals surface area contributed by atoms with Gasteiger partial charge in [0, 0.05) is 16.3 Å². The molecule has 0 saturated carbocycles. The normalized spacial score (nSPS) is 15.2. The summed E-state index contributed by atoms with van der Waals surface area (Å²) in [6.45, 7) is 4.91. The minimum Gasteiger partial charge on any atom is -0.480 e. The van der Waals surface area contributed by atoms with Crippen molar-refractivity contribution in [2.45, 2.75) is 45.4 Å². The number of fused-ring (bicyclic) bond motifs is 3. The molecule has 0 bridgehead atoms. The van der Waals surface area contributed by atoms with Gasteiger partial charge in [0.2, 0.25) is 5.91 Å². The molecule has 0 radical (unpaired) electrons. The van der Waals surface area contributed by atoms with Crippen molar-refractivity contribution in [2.75, 3.05) is 0 Å². The quantitative estimate of drug-likeness (QED) is 0.372. The second-order valence-corrected chi connectivity index (χ2v) is 7.69. The van der Waals surface area contributed by atoms with Crippen LogP contribution in [-0.2, 0) is 9.59 Å². The van der Waals surface area contributed by atoms with Gasteiger partial charge in [0.05, 0.1) is 17.8 Å². The summed E-state index contributed by atoms with van der Waals surface area (Å²) < 4.78 is 0. The molecule has 3 aromatic rings. The lowest BCUT2D eigenvalue weighted by Crippen LogP contribution is -2.56. The van der Waals surface area contributed by atoms with Gasteiger partial charge in [-0.05, 0) is 25.0 Å². The Kier molecular flexibility index (Phi) is 6.55. The van der Waals surface area contributed by atoms with Crippen LogP contribution in [0.5, 0.6) is 0 Å². The summed E-state index contributed by atoms with van der Waals surface area (Å²) in [6.07, 6.45) is 0.844. The Morgan fingerprint density at radius 3 is 2.42 bits per heavy atom. The number of aliphatic hydroxyl groups is 1. The molecule has 9 nitrogen and oxygen atoms in total. The number of carboxylic acids is 1. The van der Waals surface area contributed by atoms with E-state index in [0.717, 1.165) is 21.8 Å². The molecular weight excluding hydrogens is 400 g/mol. The molecule has 0 aliphatic heterocycles. The molecule has 2 heterocycles. The number of para-hydroxylation sites is 1. The van der Waals surface area contributed by atoms with E-state index in [1.807, 2.05) is 31.2 Å². The molecule has 9 heteroatoms. The molecule has 3 rings (SSSR count). The number of nitrogens with one attached hydrogen (secondary N) is 3. The summed E-state index contributed by atoms with van der Waals surface area (Å²) in [5.41, 5.74) is 1.85. The third-order valence-corrected chi connectivity index (χ3v) is 5.45. The van der Waals surface area contributed by atoms with E-state index in [0.29, 0.717) is 6.42 Å². The number of rotatable bonds is 8. The van der Waals surface area contributed by atoms with Crippen molar-refractivity contribution in [2.24, 2.45) is 5.92 Å². The first-order valence-electron chi connectivity index (χ1n) is 10.1. The molecule has 31 heavy (non-hydrogen) atoms. The van der Waals surface area contributed by atoms with Gasteiger partial charge in [-0.2, -0.15) is 0 Å². The van der Waals surface area contributed by atoms with Gasteiger partial charge in [0.1, 0.15) is 11.7 Å². The van der Waals surface area contributed by atoms with Gasteiger partial charge in [-0.15, -0.1) is 0 Å². The summed E-state index contributed by atoms with van der Waals surface area (Å²) >= 11 is 0. The van der Waals surface area contributed by atoms with Gasteiger partial charge >= 0.3 is 5.97 Å². The van der Waals surface area contributed by atoms with Crippen LogP contribution < -0.4 is 10.6 Å². The number of hydrogen-bond donors (Lipinski definition) is 5. The fourth-order valence-electron chi connectivity index (χ4n) is 3.42. The van der Waals surface area contributed by atoms with Crippen molar-refractivity contribution < 1.29 is 24.6 Å². The van der Waals surface area contributed by atoms with Crippen LogP contribution in [0.1, 0.15) is 37.7 Å². The Morgan fingerprint density at radius 1 is 1.06 bits per heavy atom. The maximum Gasteiger partial charge on any atom is 0.328 e. The van der Waals surface area contributed by atoms with E-state index in [9.17, 15) is 24.6 Å². The molecule has 0 spiro atoms. The van der Waals surface area contributed by atoms with Crippen molar-refractivity contribution >= 4 is 39.6 Å². The molecule has 164 valence electrons. The topological polar surface area (TPSA) is 144 Å². The van der Waals surface area contributed by atoms with Crippen LogP contribution in [-0.4, -0.2) is 56.2 Å². The number of benzene rings is 1. The number of aliphatic hydroxyl groups excluding tert-OH is 1. The lowest BCUT2D eigenvalue weighted by Gasteiger charge is -2.26. The van der Waals surface area contributed by atoms with Crippen LogP contribution in [0.15, 0.2) is 36.5 Å². The minimum absolute atomic E-state index is 0.142. The molecule has 0 saturated heterocycles. The maximum absolute atomic E-state index is 12.9. The maximum atomic E-state index is 12.9. The number of nitrogens with zero attached hydrogens (tertiary/aromatic N) is 1. The fraction of sp³-hybridized carbons (Fsp3) is 0.364. The van der Waals surface area contributed by atoms with E-state index in [1.165, 1.54) is 6.92 Å². The lowest BCUT2D eigenvalue weighted by atomic mass is 9.97. The molecule has 0 aliphatic carbocycles. The fourth-order valence-corrected chi connectivity index (χ4v) is 3.42. The van der Waals surface area contributed by atoms with Crippen LogP contribution in [0.2, 0.25) is 0 Å². The molecule has 0 aliphatic rings. The van der Waals surface area contributed by atoms with E-state index in [-0.39, 0.29) is 11.6 Å². The monoisotopic (exact) mass is 426 g/mol. The SMILES string of the molecule is CCC(C)C(NC(=O)c1cc2c(cn1)[nH]c1ccccc12)C(=O)NC(C(=O)O)C(C)O. The summed E-state index contributed by atoms with van der Waals surface area (Å²) in [5, 5.41) is 25.6. The highest BCUT2D eigenvalue weighted by molar-refractivity contribution is 6.09. The van der Waals surface area contributed by atoms with Gasteiger partial charge < -0.3 is 25.8 Å². The number of amides is 2. The molecule has 5 N–H and O–H groups in total. The standard InChI is InChI=1S/C22H26N4O5/c1-4-11(2)18(21(29)26-19(12(3)27)22(30)31)25-20(28)16-9-14-13-7-5-6-8-15(13)24-17(14)10-23-16/h5-12,18-19,24,27H,4H2,1-3H3,(H,25,28)(H,26,29)(H,30,31). The molecule has 4 atom stereocenters. The van der Waals surface area contributed by atoms with Gasteiger partial charge in [0.25, 0.3) is 5.91 Å². The Morgan fingerprint density at radius 2 is 1.77 bits per heavy atom. The number of H-pyrrole nitrogens is 1. The first-order valence-corrected chi connectivity index (χ1v) is 10.1. The van der Waals surface area contributed by atoms with Crippen molar-refractivity contribution in [3.63, 3.8) is 0 Å². The van der Waals surface area contributed by atoms with Gasteiger partial charge in [-0.1, -0.05) is 38.5 Å². The van der Waals surface area contributed by atoms with E-state index in [1.54, 1.807) is 19.2 Å². The van der Waals surface area contributed by atoms with Crippen LogP contribution in [0, 0.1) is 5.92 Å². The van der Waals surface area contributed by atoms with Gasteiger partial charge in [-0.25, -0.2) is 9.78 Å². The lowest BCUT2D eigenvalue weighted by molar-refractivity contribution is -0.145. The third-order valence-electron chi connectivity index (χ3n) is 5.45. The predicted octanol–water partition coefficient (Wildman–Crippen LogP) is 1.81. The largest absolute Gasteiger partial charge is 0.480 e. The molecule has 4 unspecified atom stereocenters. The van der Waals surface area contributed by atoms with Crippen molar-refractivity contribution in [3.8, 4) is 0 Å². The van der Waals surface area contributed by atoms with Gasteiger partial charge in [-0.3, -0.25) is 9.59 Å². The predicted molar refractivity (Wildman–Crippen MR) is 116 cm³/mol. The van der Waals surface area contributed by atoms with Crippen molar-refractivity contribution in [3.05, 3.63) is 42.2 Å². The average Bonchev–Trinajstić information content (AvgIpc) is 3.12. The number of hydrogen-bond acceptors (Lipinski definition) is 5. The number of carbonyl (C=O) groups excluding carboxylic acids is 2. The first-order chi connectivity index (χ1) is 14.7. The zero-order valence-electron chi connectivity index (χ0n) is 17.5. The number of pyridine rings is 1. The second kappa shape index (κ2) is 9.13. The Balaban J connectivity index is 1.85. The highest BCUT2D eigenvalue weighted by atomic mass is 16.4. The van der Waals surface area contributed by atoms with Crippen molar-refractivity contribution in [1.29, 1.82) is 0 Å². The third kappa shape index (κ3) is 4.66. The molecule has 2 amide bonds. The molecule has 1 aromatic carbocycles. The Labute approximate surface area is 178 Å². The second-order valence-electron chi connectivity index (χ2n) is 7.69. The summed E-state index contributed by atoms with van der Waals surface area (Å²) in [5.74, 6) is -2.85. The van der Waals surface area contributed by atoms with Gasteiger partial charge in [0.15, 0.2) is 6.04 Å². The number of carbonyl (C=O) groups is 3.